The van der Waals surface area contributed by atoms with Crippen molar-refractivity contribution in [1.82, 2.24) is 4.98 Å². The number of aromatic nitrogens is 1. The van der Waals surface area contributed by atoms with E-state index in [-0.39, 0.29) is 10.6 Å². The molecule has 1 aromatic heterocycles. The van der Waals surface area contributed by atoms with Gasteiger partial charge in [0.05, 0.1) is 0 Å². The fourth-order valence-electron chi connectivity index (χ4n) is 1.47. The molecular formula is C12H10ClNO4S. The Kier molecular flexibility index (Phi) is 3.64. The van der Waals surface area contributed by atoms with Crippen LogP contribution >= 0.6 is 11.6 Å². The Morgan fingerprint density at radius 3 is 2.37 bits per heavy atom. The number of aromatic amines is 1. The summed E-state index contributed by atoms with van der Waals surface area (Å²) in [7, 11) is -3.98. The number of benzene rings is 1. The molecule has 7 heteroatoms. The molecule has 0 atom stereocenters. The lowest BCUT2D eigenvalue weighted by atomic mass is 10.4. The Labute approximate surface area is 114 Å². The second-order valence-corrected chi connectivity index (χ2v) is 5.84. The summed E-state index contributed by atoms with van der Waals surface area (Å²) in [5, 5.41) is 0.422. The highest BCUT2D eigenvalue weighted by molar-refractivity contribution is 7.87. The van der Waals surface area contributed by atoms with Crippen molar-refractivity contribution in [3.05, 3.63) is 57.5 Å². The van der Waals surface area contributed by atoms with E-state index in [0.717, 1.165) is 6.07 Å². The van der Waals surface area contributed by atoms with Gasteiger partial charge in [-0.3, -0.25) is 4.79 Å². The molecule has 0 aliphatic heterocycles. The van der Waals surface area contributed by atoms with E-state index in [4.69, 9.17) is 15.8 Å². The fraction of sp³-hybridized carbons (Fsp3) is 0.0833. The molecule has 0 radical (unpaired) electrons. The van der Waals surface area contributed by atoms with Crippen LogP contribution in [0, 0.1) is 6.92 Å². The van der Waals surface area contributed by atoms with Gasteiger partial charge in [-0.2, -0.15) is 8.42 Å². The molecule has 0 spiro atoms. The number of pyridine rings is 1. The summed E-state index contributed by atoms with van der Waals surface area (Å²) in [6, 6.07) is 8.05. The third-order valence-corrected chi connectivity index (χ3v) is 3.77. The molecule has 0 saturated heterocycles. The van der Waals surface area contributed by atoms with Crippen LogP contribution in [0.4, 0.5) is 0 Å². The maximum Gasteiger partial charge on any atom is 0.339 e. The largest absolute Gasteiger partial charge is 0.379 e. The zero-order valence-corrected chi connectivity index (χ0v) is 11.5. The number of hydrogen-bond donors (Lipinski definition) is 1. The molecule has 0 unspecified atom stereocenters. The Bertz CT molecular complexity index is 750. The topological polar surface area (TPSA) is 76.2 Å². The van der Waals surface area contributed by atoms with Crippen LogP contribution in [0.15, 0.2) is 46.1 Å². The summed E-state index contributed by atoms with van der Waals surface area (Å²) in [6.45, 7) is 1.63. The van der Waals surface area contributed by atoms with E-state index in [1.54, 1.807) is 6.92 Å². The first-order valence-electron chi connectivity index (χ1n) is 5.28. The first-order chi connectivity index (χ1) is 8.87. The first-order valence-corrected chi connectivity index (χ1v) is 7.06. The van der Waals surface area contributed by atoms with Gasteiger partial charge in [0.15, 0.2) is 0 Å². The van der Waals surface area contributed by atoms with Crippen molar-refractivity contribution in [2.45, 2.75) is 11.8 Å². The summed E-state index contributed by atoms with van der Waals surface area (Å²) in [6.07, 6.45) is 0. The van der Waals surface area contributed by atoms with Crippen LogP contribution in [0.25, 0.3) is 0 Å². The van der Waals surface area contributed by atoms with Crippen molar-refractivity contribution in [2.24, 2.45) is 0 Å². The Hall–Kier alpha value is -1.79. The monoisotopic (exact) mass is 299 g/mol. The number of rotatable bonds is 3. The fourth-order valence-corrected chi connectivity index (χ4v) is 2.52. The highest BCUT2D eigenvalue weighted by Gasteiger charge is 2.16. The maximum absolute atomic E-state index is 12.0. The van der Waals surface area contributed by atoms with Crippen LogP contribution in [-0.4, -0.2) is 13.4 Å². The SMILES string of the molecule is Cc1cc(OS(=O)(=O)c2ccc(Cl)cc2)cc(=O)[nH]1. The quantitative estimate of drug-likeness (QED) is 0.881. The van der Waals surface area contributed by atoms with E-state index >= 15 is 0 Å². The number of hydrogen-bond acceptors (Lipinski definition) is 4. The molecule has 0 bridgehead atoms. The van der Waals surface area contributed by atoms with E-state index in [9.17, 15) is 13.2 Å². The molecule has 1 N–H and O–H groups in total. The summed E-state index contributed by atoms with van der Waals surface area (Å²) >= 11 is 5.68. The molecule has 1 aromatic carbocycles. The Balaban J connectivity index is 2.36. The van der Waals surface area contributed by atoms with Gasteiger partial charge in [-0.25, -0.2) is 0 Å². The zero-order chi connectivity index (χ0) is 14.0. The van der Waals surface area contributed by atoms with Gasteiger partial charge in [0, 0.05) is 22.8 Å². The number of aryl methyl sites for hydroxylation is 1. The summed E-state index contributed by atoms with van der Waals surface area (Å²) < 4.78 is 28.8. The predicted octanol–water partition coefficient (Wildman–Crippen LogP) is 2.10. The lowest BCUT2D eigenvalue weighted by Crippen LogP contribution is -2.13. The van der Waals surface area contributed by atoms with Gasteiger partial charge >= 0.3 is 10.1 Å². The van der Waals surface area contributed by atoms with Crippen LogP contribution in [0.5, 0.6) is 5.75 Å². The molecule has 0 aliphatic rings. The van der Waals surface area contributed by atoms with Gasteiger partial charge < -0.3 is 9.17 Å². The van der Waals surface area contributed by atoms with Crippen LogP contribution in [0.1, 0.15) is 5.69 Å². The molecule has 0 saturated carbocycles. The minimum absolute atomic E-state index is 0.0313. The van der Waals surface area contributed by atoms with Crippen molar-refractivity contribution < 1.29 is 12.6 Å². The van der Waals surface area contributed by atoms with E-state index < -0.39 is 15.7 Å². The molecule has 5 nitrogen and oxygen atoms in total. The van der Waals surface area contributed by atoms with Gasteiger partial charge in [-0.05, 0) is 31.2 Å². The highest BCUT2D eigenvalue weighted by Crippen LogP contribution is 2.19. The van der Waals surface area contributed by atoms with Crippen molar-refractivity contribution >= 4 is 21.7 Å². The Morgan fingerprint density at radius 1 is 1.16 bits per heavy atom. The standard InChI is InChI=1S/C12H10ClNO4S/c1-8-6-10(7-12(15)14-8)18-19(16,17)11-4-2-9(13)3-5-11/h2-7H,1H3,(H,14,15). The van der Waals surface area contributed by atoms with E-state index in [2.05, 4.69) is 4.98 Å². The van der Waals surface area contributed by atoms with Gasteiger partial charge in [0.2, 0.25) is 0 Å². The minimum atomic E-state index is -3.98. The number of H-pyrrole nitrogens is 1. The molecule has 0 aliphatic carbocycles. The third-order valence-electron chi connectivity index (χ3n) is 2.26. The van der Waals surface area contributed by atoms with Crippen molar-refractivity contribution in [2.75, 3.05) is 0 Å². The van der Waals surface area contributed by atoms with Crippen molar-refractivity contribution in [3.8, 4) is 5.75 Å². The molecule has 1 heterocycles. The van der Waals surface area contributed by atoms with Crippen LogP contribution < -0.4 is 9.74 Å². The number of nitrogens with one attached hydrogen (secondary N) is 1. The van der Waals surface area contributed by atoms with E-state index in [1.165, 1.54) is 30.3 Å². The first kappa shape index (κ1) is 13.6. The lowest BCUT2D eigenvalue weighted by Gasteiger charge is -2.07. The molecule has 19 heavy (non-hydrogen) atoms. The molecule has 0 amide bonds. The Morgan fingerprint density at radius 2 is 1.79 bits per heavy atom. The van der Waals surface area contributed by atoms with Crippen molar-refractivity contribution in [1.29, 1.82) is 0 Å². The molecular weight excluding hydrogens is 290 g/mol. The van der Waals surface area contributed by atoms with Gasteiger partial charge in [0.25, 0.3) is 5.56 Å². The molecule has 100 valence electrons. The second-order valence-electron chi connectivity index (χ2n) is 3.85. The van der Waals surface area contributed by atoms with Crippen LogP contribution in [0.3, 0.4) is 0 Å². The average molecular weight is 300 g/mol. The summed E-state index contributed by atoms with van der Waals surface area (Å²) in [5.41, 5.74) is 0.0788. The highest BCUT2D eigenvalue weighted by atomic mass is 35.5. The number of halogens is 1. The maximum atomic E-state index is 12.0. The van der Waals surface area contributed by atoms with Gasteiger partial charge in [-0.15, -0.1) is 0 Å². The van der Waals surface area contributed by atoms with Crippen molar-refractivity contribution in [3.63, 3.8) is 0 Å². The van der Waals surface area contributed by atoms with Gasteiger partial charge in [-0.1, -0.05) is 11.6 Å². The molecule has 2 rings (SSSR count). The average Bonchev–Trinajstić information content (AvgIpc) is 2.27. The smallest absolute Gasteiger partial charge is 0.339 e. The minimum Gasteiger partial charge on any atom is -0.379 e. The lowest BCUT2D eigenvalue weighted by molar-refractivity contribution is 0.485. The van der Waals surface area contributed by atoms with E-state index in [1.807, 2.05) is 0 Å². The van der Waals surface area contributed by atoms with Crippen LogP contribution in [-0.2, 0) is 10.1 Å². The van der Waals surface area contributed by atoms with Gasteiger partial charge in [0.1, 0.15) is 10.6 Å². The normalized spacial score (nSPS) is 11.3. The molecule has 0 fully saturated rings. The zero-order valence-electron chi connectivity index (χ0n) is 9.88. The third kappa shape index (κ3) is 3.36. The van der Waals surface area contributed by atoms with E-state index in [0.29, 0.717) is 10.7 Å². The summed E-state index contributed by atoms with van der Waals surface area (Å²) in [5.74, 6) is -0.0313. The predicted molar refractivity (Wildman–Crippen MR) is 71.1 cm³/mol. The summed E-state index contributed by atoms with van der Waals surface area (Å²) in [4.78, 5) is 13.7. The molecule has 2 aromatic rings. The second kappa shape index (κ2) is 5.07. The van der Waals surface area contributed by atoms with Crippen LogP contribution in [0.2, 0.25) is 5.02 Å².